The molecule has 4 rings (SSSR count). The van der Waals surface area contributed by atoms with E-state index in [-0.39, 0.29) is 13.2 Å². The third-order valence-electron chi connectivity index (χ3n) is 3.42. The highest BCUT2D eigenvalue weighted by Crippen LogP contribution is 2.25. The van der Waals surface area contributed by atoms with Crippen LogP contribution in [0.3, 0.4) is 0 Å². The number of rotatable bonds is 3. The smallest absolute Gasteiger partial charge is 0.236 e. The topological polar surface area (TPSA) is 62.5 Å². The third-order valence-corrected chi connectivity index (χ3v) is 3.42. The predicted molar refractivity (Wildman–Crippen MR) is 83.5 cm³/mol. The molecule has 0 saturated heterocycles. The first kappa shape index (κ1) is 13.4. The van der Waals surface area contributed by atoms with E-state index in [4.69, 9.17) is 0 Å². The number of benzene rings is 1. The minimum absolute atomic E-state index is 0. The summed E-state index contributed by atoms with van der Waals surface area (Å²) in [5.41, 5.74) is 1.81. The zero-order chi connectivity index (χ0) is 13.5. The molecule has 2 N–H and O–H groups in total. The van der Waals surface area contributed by atoms with Crippen LogP contribution in [0.1, 0.15) is 20.3 Å². The van der Waals surface area contributed by atoms with E-state index in [2.05, 4.69) is 15.3 Å². The number of phenols is 1. The van der Waals surface area contributed by atoms with Crippen LogP contribution in [0.25, 0.3) is 17.0 Å². The molecule has 0 unspecified atom stereocenters. The number of nitrogens with one attached hydrogen (secondary N) is 1. The van der Waals surface area contributed by atoms with E-state index in [0.29, 0.717) is 11.8 Å². The van der Waals surface area contributed by atoms with Gasteiger partial charge in [0.1, 0.15) is 11.6 Å². The van der Waals surface area contributed by atoms with Crippen molar-refractivity contribution in [3.05, 3.63) is 42.7 Å². The average molecular weight is 282 g/mol. The summed E-state index contributed by atoms with van der Waals surface area (Å²) in [6, 6.07) is 9.56. The number of imidazole rings is 1. The minimum Gasteiger partial charge on any atom is -0.508 e. The summed E-state index contributed by atoms with van der Waals surface area (Å²) in [7, 11) is 0. The third kappa shape index (κ3) is 2.67. The van der Waals surface area contributed by atoms with Crippen LogP contribution in [0.5, 0.6) is 5.75 Å². The van der Waals surface area contributed by atoms with Crippen LogP contribution in [0.4, 0.5) is 5.82 Å². The minimum atomic E-state index is 0. The van der Waals surface area contributed by atoms with Crippen molar-refractivity contribution in [2.75, 3.05) is 5.32 Å². The van der Waals surface area contributed by atoms with Crippen LogP contribution in [-0.2, 0) is 0 Å². The van der Waals surface area contributed by atoms with Gasteiger partial charge in [0.15, 0.2) is 0 Å². The molecule has 1 fully saturated rings. The van der Waals surface area contributed by atoms with Crippen LogP contribution in [0.2, 0.25) is 0 Å². The number of aromatic nitrogens is 3. The summed E-state index contributed by atoms with van der Waals surface area (Å²) >= 11 is 0. The number of fused-ring (bicyclic) bond motifs is 1. The van der Waals surface area contributed by atoms with Gasteiger partial charge in [-0.05, 0) is 43.2 Å². The fraction of sp³-hybridized carbons (Fsp3) is 0.250. The normalized spacial score (nSPS) is 13.9. The van der Waals surface area contributed by atoms with Crippen LogP contribution in [0.15, 0.2) is 42.7 Å². The van der Waals surface area contributed by atoms with E-state index >= 15 is 0 Å². The van der Waals surface area contributed by atoms with Crippen LogP contribution in [-0.4, -0.2) is 25.5 Å². The fourth-order valence-electron chi connectivity index (χ4n) is 2.16. The average Bonchev–Trinajstić information content (AvgIpc) is 3.16. The summed E-state index contributed by atoms with van der Waals surface area (Å²) in [5, 5.41) is 12.7. The molecule has 2 aromatic heterocycles. The maximum absolute atomic E-state index is 9.32. The van der Waals surface area contributed by atoms with E-state index in [9.17, 15) is 5.11 Å². The SMILES string of the molecule is C.Oc1ccc(-c2cn3ccc(NC4CC4)nc3n2)cc1. The van der Waals surface area contributed by atoms with Crippen molar-refractivity contribution in [2.45, 2.75) is 26.3 Å². The van der Waals surface area contributed by atoms with Crippen molar-refractivity contribution in [3.8, 4) is 17.0 Å². The van der Waals surface area contributed by atoms with E-state index in [0.717, 1.165) is 17.1 Å². The van der Waals surface area contributed by atoms with Crippen molar-refractivity contribution < 1.29 is 5.11 Å². The molecule has 0 amide bonds. The first-order chi connectivity index (χ1) is 9.78. The second-order valence-electron chi connectivity index (χ2n) is 5.11. The lowest BCUT2D eigenvalue weighted by molar-refractivity contribution is 0.475. The maximum atomic E-state index is 9.32. The standard InChI is InChI=1S/C15H14N4O.CH4/c20-12-5-1-10(2-6-12)13-9-19-8-7-14(16-11-3-4-11)18-15(19)17-13;/h1-2,5-9,11,20H,3-4H2,(H,16,17,18);1H4. The molecule has 0 atom stereocenters. The summed E-state index contributed by atoms with van der Waals surface area (Å²) < 4.78 is 1.90. The zero-order valence-corrected chi connectivity index (χ0v) is 10.8. The zero-order valence-electron chi connectivity index (χ0n) is 10.8. The van der Waals surface area contributed by atoms with Crippen molar-refractivity contribution in [3.63, 3.8) is 0 Å². The lowest BCUT2D eigenvalue weighted by Gasteiger charge is -2.02. The number of aromatic hydroxyl groups is 1. The van der Waals surface area contributed by atoms with E-state index in [1.807, 2.05) is 35.0 Å². The predicted octanol–water partition coefficient (Wildman–Crippen LogP) is 3.31. The Morgan fingerprint density at radius 3 is 2.57 bits per heavy atom. The highest BCUT2D eigenvalue weighted by atomic mass is 16.3. The Labute approximate surface area is 123 Å². The van der Waals surface area contributed by atoms with E-state index < -0.39 is 0 Å². The van der Waals surface area contributed by atoms with Crippen molar-refractivity contribution in [1.29, 1.82) is 0 Å². The molecule has 0 spiro atoms. The molecule has 5 nitrogen and oxygen atoms in total. The Morgan fingerprint density at radius 2 is 1.86 bits per heavy atom. The molecular formula is C16H18N4O. The fourth-order valence-corrected chi connectivity index (χ4v) is 2.16. The van der Waals surface area contributed by atoms with Gasteiger partial charge in [-0.3, -0.25) is 4.40 Å². The number of hydrogen-bond acceptors (Lipinski definition) is 4. The van der Waals surface area contributed by atoms with Crippen molar-refractivity contribution in [1.82, 2.24) is 14.4 Å². The van der Waals surface area contributed by atoms with Gasteiger partial charge < -0.3 is 10.4 Å². The molecule has 21 heavy (non-hydrogen) atoms. The van der Waals surface area contributed by atoms with Gasteiger partial charge in [-0.25, -0.2) is 4.98 Å². The van der Waals surface area contributed by atoms with Gasteiger partial charge in [-0.2, -0.15) is 4.98 Å². The second kappa shape index (κ2) is 5.09. The molecule has 3 aromatic rings. The quantitative estimate of drug-likeness (QED) is 0.773. The van der Waals surface area contributed by atoms with Gasteiger partial charge in [0, 0.05) is 24.0 Å². The van der Waals surface area contributed by atoms with E-state index in [1.54, 1.807) is 12.1 Å². The van der Waals surface area contributed by atoms with Gasteiger partial charge in [0.2, 0.25) is 5.78 Å². The lowest BCUT2D eigenvalue weighted by atomic mass is 10.2. The van der Waals surface area contributed by atoms with Gasteiger partial charge in [0.05, 0.1) is 5.69 Å². The Hall–Kier alpha value is -2.56. The van der Waals surface area contributed by atoms with Crippen molar-refractivity contribution in [2.24, 2.45) is 0 Å². The molecule has 1 saturated carbocycles. The van der Waals surface area contributed by atoms with Gasteiger partial charge in [-0.15, -0.1) is 0 Å². The monoisotopic (exact) mass is 282 g/mol. The van der Waals surface area contributed by atoms with Crippen LogP contribution >= 0.6 is 0 Å². The van der Waals surface area contributed by atoms with Crippen LogP contribution < -0.4 is 5.32 Å². The number of nitrogens with zero attached hydrogens (tertiary/aromatic N) is 3. The van der Waals surface area contributed by atoms with Gasteiger partial charge in [0.25, 0.3) is 0 Å². The Kier molecular flexibility index (Phi) is 3.25. The molecule has 1 aliphatic carbocycles. The molecule has 1 aliphatic rings. The number of phenolic OH excluding ortho intramolecular Hbond substituents is 1. The summed E-state index contributed by atoms with van der Waals surface area (Å²) in [6.07, 6.45) is 6.35. The van der Waals surface area contributed by atoms with Crippen LogP contribution in [0, 0.1) is 0 Å². The molecule has 1 aromatic carbocycles. The Morgan fingerprint density at radius 1 is 1.10 bits per heavy atom. The largest absolute Gasteiger partial charge is 0.508 e. The molecule has 2 heterocycles. The maximum Gasteiger partial charge on any atom is 0.236 e. The molecule has 5 heteroatoms. The summed E-state index contributed by atoms with van der Waals surface area (Å²) in [6.45, 7) is 0. The van der Waals surface area contributed by atoms with Gasteiger partial charge >= 0.3 is 0 Å². The first-order valence-electron chi connectivity index (χ1n) is 6.70. The molecule has 0 bridgehead atoms. The highest BCUT2D eigenvalue weighted by molar-refractivity contribution is 5.62. The number of hydrogen-bond donors (Lipinski definition) is 2. The Bertz CT molecular complexity index is 760. The van der Waals surface area contributed by atoms with Crippen molar-refractivity contribution >= 4 is 11.6 Å². The molecular weight excluding hydrogens is 264 g/mol. The molecule has 0 radical (unpaired) electrons. The van der Waals surface area contributed by atoms with E-state index in [1.165, 1.54) is 12.8 Å². The number of anilines is 1. The summed E-state index contributed by atoms with van der Waals surface area (Å²) in [5.74, 6) is 1.81. The molecule has 0 aliphatic heterocycles. The highest BCUT2D eigenvalue weighted by Gasteiger charge is 2.21. The van der Waals surface area contributed by atoms with Gasteiger partial charge in [-0.1, -0.05) is 7.43 Å². The lowest BCUT2D eigenvalue weighted by Crippen LogP contribution is -2.03. The first-order valence-corrected chi connectivity index (χ1v) is 6.70. The molecule has 108 valence electrons. The second-order valence-corrected chi connectivity index (χ2v) is 5.11. The summed E-state index contributed by atoms with van der Waals surface area (Å²) in [4.78, 5) is 9.04. The Balaban J connectivity index is 0.00000132.